The molecule has 0 fully saturated rings. The first-order chi connectivity index (χ1) is 17.9. The standard InChI is InChI=1S/C27H35N5O3S2/c1-6-32-25(23(15-16-36-5)29-26(34)19-11-13-20(35-4)14-12-19)30-31-27(32)37-17-24(33)28-22-10-8-7-9-21(22)18(2)3/h7-14,18,23H,6,15-17H2,1-5H3,(H,28,33)(H,29,34). The van der Waals surface area contributed by atoms with E-state index >= 15 is 0 Å². The van der Waals surface area contributed by atoms with Gasteiger partial charge < -0.3 is 19.9 Å². The molecule has 0 aliphatic heterocycles. The van der Waals surface area contributed by atoms with Gasteiger partial charge in [0.15, 0.2) is 11.0 Å². The van der Waals surface area contributed by atoms with Crippen LogP contribution in [0.3, 0.4) is 0 Å². The van der Waals surface area contributed by atoms with Crippen molar-refractivity contribution in [3.8, 4) is 5.75 Å². The predicted octanol–water partition coefficient (Wildman–Crippen LogP) is 5.39. The highest BCUT2D eigenvalue weighted by Gasteiger charge is 2.23. The van der Waals surface area contributed by atoms with E-state index in [1.165, 1.54) is 11.8 Å². The van der Waals surface area contributed by atoms with Crippen molar-refractivity contribution in [2.24, 2.45) is 0 Å². The van der Waals surface area contributed by atoms with E-state index < -0.39 is 0 Å². The molecule has 2 aromatic carbocycles. The second-order valence-electron chi connectivity index (χ2n) is 8.70. The fourth-order valence-electron chi connectivity index (χ4n) is 3.88. The summed E-state index contributed by atoms with van der Waals surface area (Å²) >= 11 is 3.05. The number of thioether (sulfide) groups is 2. The largest absolute Gasteiger partial charge is 0.497 e. The van der Waals surface area contributed by atoms with E-state index in [1.807, 2.05) is 42.0 Å². The molecule has 0 saturated heterocycles. The van der Waals surface area contributed by atoms with E-state index in [1.54, 1.807) is 43.1 Å². The Morgan fingerprint density at radius 2 is 1.81 bits per heavy atom. The highest BCUT2D eigenvalue weighted by atomic mass is 32.2. The smallest absolute Gasteiger partial charge is 0.251 e. The van der Waals surface area contributed by atoms with Crippen LogP contribution in [-0.2, 0) is 11.3 Å². The molecule has 0 aliphatic carbocycles. The van der Waals surface area contributed by atoms with Gasteiger partial charge in [0.2, 0.25) is 5.91 Å². The molecule has 198 valence electrons. The lowest BCUT2D eigenvalue weighted by Crippen LogP contribution is -2.31. The van der Waals surface area contributed by atoms with Crippen LogP contribution in [0.4, 0.5) is 5.69 Å². The van der Waals surface area contributed by atoms with Crippen LogP contribution in [0.15, 0.2) is 53.7 Å². The highest BCUT2D eigenvalue weighted by Crippen LogP contribution is 2.26. The Kier molecular flexibility index (Phi) is 10.9. The molecule has 1 unspecified atom stereocenters. The van der Waals surface area contributed by atoms with Crippen molar-refractivity contribution in [3.63, 3.8) is 0 Å². The lowest BCUT2D eigenvalue weighted by atomic mass is 10.0. The number of ether oxygens (including phenoxy) is 1. The summed E-state index contributed by atoms with van der Waals surface area (Å²) in [5, 5.41) is 15.6. The zero-order valence-electron chi connectivity index (χ0n) is 22.0. The van der Waals surface area contributed by atoms with Gasteiger partial charge >= 0.3 is 0 Å². The normalized spacial score (nSPS) is 11.8. The van der Waals surface area contributed by atoms with Crippen LogP contribution in [-0.4, -0.2) is 51.5 Å². The summed E-state index contributed by atoms with van der Waals surface area (Å²) < 4.78 is 7.16. The number of carbonyl (C=O) groups is 2. The Labute approximate surface area is 227 Å². The Hall–Kier alpha value is -2.98. The Bertz CT molecular complexity index is 1180. The molecule has 1 atom stereocenters. The molecule has 1 aromatic heterocycles. The first-order valence-electron chi connectivity index (χ1n) is 12.3. The van der Waals surface area contributed by atoms with E-state index in [0.717, 1.165) is 17.0 Å². The summed E-state index contributed by atoms with van der Waals surface area (Å²) in [6.07, 6.45) is 2.74. The number of benzene rings is 2. The third kappa shape index (κ3) is 7.75. The average Bonchev–Trinajstić information content (AvgIpc) is 3.32. The first-order valence-corrected chi connectivity index (χ1v) is 14.6. The summed E-state index contributed by atoms with van der Waals surface area (Å²) in [7, 11) is 1.59. The lowest BCUT2D eigenvalue weighted by molar-refractivity contribution is -0.113. The molecule has 0 aliphatic rings. The zero-order valence-corrected chi connectivity index (χ0v) is 23.6. The maximum Gasteiger partial charge on any atom is 0.251 e. The summed E-state index contributed by atoms with van der Waals surface area (Å²) in [5.74, 6) is 2.46. The number of anilines is 1. The van der Waals surface area contributed by atoms with Gasteiger partial charge in [0.05, 0.1) is 18.9 Å². The number of amides is 2. The number of rotatable bonds is 13. The molecule has 0 saturated carbocycles. The number of nitrogens with zero attached hydrogens (tertiary/aromatic N) is 3. The molecule has 1 heterocycles. The molecule has 0 bridgehead atoms. The Morgan fingerprint density at radius 1 is 1.08 bits per heavy atom. The van der Waals surface area contributed by atoms with Crippen LogP contribution in [0.2, 0.25) is 0 Å². The maximum absolute atomic E-state index is 13.0. The van der Waals surface area contributed by atoms with Crippen molar-refractivity contribution in [3.05, 3.63) is 65.5 Å². The number of methoxy groups -OCH3 is 1. The molecule has 3 aromatic rings. The highest BCUT2D eigenvalue weighted by molar-refractivity contribution is 7.99. The van der Waals surface area contributed by atoms with E-state index in [2.05, 4.69) is 34.7 Å². The van der Waals surface area contributed by atoms with Gasteiger partial charge in [-0.2, -0.15) is 11.8 Å². The van der Waals surface area contributed by atoms with Crippen LogP contribution in [0.5, 0.6) is 5.75 Å². The molecule has 8 nitrogen and oxygen atoms in total. The van der Waals surface area contributed by atoms with Crippen molar-refractivity contribution in [1.29, 1.82) is 0 Å². The van der Waals surface area contributed by atoms with Gasteiger partial charge in [-0.3, -0.25) is 9.59 Å². The second-order valence-corrected chi connectivity index (χ2v) is 10.6. The van der Waals surface area contributed by atoms with Crippen LogP contribution in [0.25, 0.3) is 0 Å². The second kappa shape index (κ2) is 14.1. The van der Waals surface area contributed by atoms with Gasteiger partial charge in [-0.1, -0.05) is 43.8 Å². The van der Waals surface area contributed by atoms with E-state index in [9.17, 15) is 9.59 Å². The van der Waals surface area contributed by atoms with Crippen molar-refractivity contribution >= 4 is 41.0 Å². The molecule has 3 rings (SSSR count). The number of para-hydroxylation sites is 1. The monoisotopic (exact) mass is 541 g/mol. The summed E-state index contributed by atoms with van der Waals surface area (Å²) in [5.41, 5.74) is 2.48. The fraction of sp³-hybridized carbons (Fsp3) is 0.407. The SMILES string of the molecule is CCn1c(SCC(=O)Nc2ccccc2C(C)C)nnc1C(CCSC)NC(=O)c1ccc(OC)cc1. The van der Waals surface area contributed by atoms with E-state index in [-0.39, 0.29) is 23.6 Å². The molecule has 2 N–H and O–H groups in total. The van der Waals surface area contributed by atoms with Crippen molar-refractivity contribution in [1.82, 2.24) is 20.1 Å². The molecular weight excluding hydrogens is 506 g/mol. The Balaban J connectivity index is 1.71. The number of carbonyl (C=O) groups excluding carboxylic acids is 2. The first kappa shape index (κ1) is 28.6. The van der Waals surface area contributed by atoms with Crippen molar-refractivity contribution < 1.29 is 14.3 Å². The molecule has 10 heteroatoms. The minimum absolute atomic E-state index is 0.1000. The van der Waals surface area contributed by atoms with Gasteiger partial charge in [-0.05, 0) is 67.2 Å². The molecule has 37 heavy (non-hydrogen) atoms. The number of hydrogen-bond donors (Lipinski definition) is 2. The van der Waals surface area contributed by atoms with Crippen molar-refractivity contribution in [2.75, 3.05) is 30.2 Å². The average molecular weight is 542 g/mol. The van der Waals surface area contributed by atoms with Crippen molar-refractivity contribution in [2.45, 2.75) is 50.9 Å². The van der Waals surface area contributed by atoms with Gasteiger partial charge in [0.1, 0.15) is 5.75 Å². The van der Waals surface area contributed by atoms with Gasteiger partial charge in [0.25, 0.3) is 5.91 Å². The number of aromatic nitrogens is 3. The molecule has 0 radical (unpaired) electrons. The lowest BCUT2D eigenvalue weighted by Gasteiger charge is -2.19. The van der Waals surface area contributed by atoms with Gasteiger partial charge in [-0.15, -0.1) is 10.2 Å². The zero-order chi connectivity index (χ0) is 26.8. The minimum atomic E-state index is -0.310. The molecule has 0 spiro atoms. The summed E-state index contributed by atoms with van der Waals surface area (Å²) in [6.45, 7) is 6.83. The Morgan fingerprint density at radius 3 is 2.46 bits per heavy atom. The van der Waals surface area contributed by atoms with Gasteiger partial charge in [0, 0.05) is 17.8 Å². The predicted molar refractivity (Wildman–Crippen MR) is 152 cm³/mol. The van der Waals surface area contributed by atoms with Crippen LogP contribution >= 0.6 is 23.5 Å². The minimum Gasteiger partial charge on any atom is -0.497 e. The summed E-state index contributed by atoms with van der Waals surface area (Å²) in [4.78, 5) is 25.7. The number of nitrogens with one attached hydrogen (secondary N) is 2. The fourth-order valence-corrected chi connectivity index (χ4v) is 5.16. The van der Waals surface area contributed by atoms with E-state index in [0.29, 0.717) is 41.2 Å². The molecule has 2 amide bonds. The van der Waals surface area contributed by atoms with E-state index in [4.69, 9.17) is 4.74 Å². The third-order valence-electron chi connectivity index (χ3n) is 5.83. The quantitative estimate of drug-likeness (QED) is 0.280. The maximum atomic E-state index is 13.0. The third-order valence-corrected chi connectivity index (χ3v) is 7.44. The number of hydrogen-bond acceptors (Lipinski definition) is 7. The van der Waals surface area contributed by atoms with Crippen LogP contribution < -0.4 is 15.4 Å². The summed E-state index contributed by atoms with van der Waals surface area (Å²) in [6, 6.07) is 14.5. The van der Waals surface area contributed by atoms with Gasteiger partial charge in [-0.25, -0.2) is 0 Å². The molecular formula is C27H35N5O3S2. The van der Waals surface area contributed by atoms with Crippen LogP contribution in [0, 0.1) is 0 Å². The topological polar surface area (TPSA) is 98.1 Å². The van der Waals surface area contributed by atoms with Crippen LogP contribution in [0.1, 0.15) is 60.9 Å².